The second-order valence-corrected chi connectivity index (χ2v) is 5.61. The minimum absolute atomic E-state index is 0.209. The molecule has 6 heteroatoms. The van der Waals surface area contributed by atoms with Crippen LogP contribution in [0, 0.1) is 0 Å². The highest BCUT2D eigenvalue weighted by molar-refractivity contribution is 9.09. The van der Waals surface area contributed by atoms with Crippen LogP contribution in [0.5, 0.6) is 0 Å². The summed E-state index contributed by atoms with van der Waals surface area (Å²) in [4.78, 5) is 0. The van der Waals surface area contributed by atoms with Gasteiger partial charge in [-0.3, -0.25) is 13.6 Å². The highest BCUT2D eigenvalue weighted by Gasteiger charge is 2.25. The third-order valence-electron chi connectivity index (χ3n) is 1.85. The summed E-state index contributed by atoms with van der Waals surface area (Å²) in [6.07, 6.45) is 0. The van der Waals surface area contributed by atoms with Crippen molar-refractivity contribution in [1.82, 2.24) is 0 Å². The van der Waals surface area contributed by atoms with Crippen molar-refractivity contribution in [2.45, 2.75) is 13.5 Å². The maximum Gasteiger partial charge on any atom is 0.475 e. The number of phosphoric acid groups is 1. The van der Waals surface area contributed by atoms with Crippen LogP contribution in [-0.2, 0) is 24.7 Å². The van der Waals surface area contributed by atoms with E-state index in [0.717, 1.165) is 5.56 Å². The Bertz CT molecular complexity index is 358. The van der Waals surface area contributed by atoms with Crippen LogP contribution in [0.4, 0.5) is 0 Å². The second kappa shape index (κ2) is 8.01. The average molecular weight is 323 g/mol. The van der Waals surface area contributed by atoms with Gasteiger partial charge < -0.3 is 0 Å². The van der Waals surface area contributed by atoms with E-state index < -0.39 is 7.82 Å². The Morgan fingerprint density at radius 2 is 1.88 bits per heavy atom. The van der Waals surface area contributed by atoms with Gasteiger partial charge in [-0.15, -0.1) is 0 Å². The monoisotopic (exact) mass is 322 g/mol. The fourth-order valence-electron chi connectivity index (χ4n) is 1.14. The molecule has 0 bridgehead atoms. The molecule has 0 aromatic heterocycles. The molecule has 0 saturated heterocycles. The molecule has 96 valence electrons. The van der Waals surface area contributed by atoms with Crippen molar-refractivity contribution in [3.8, 4) is 0 Å². The van der Waals surface area contributed by atoms with Crippen molar-refractivity contribution in [1.29, 1.82) is 0 Å². The first-order valence-corrected chi connectivity index (χ1v) is 7.92. The van der Waals surface area contributed by atoms with E-state index >= 15 is 0 Å². The molecule has 0 heterocycles. The quantitative estimate of drug-likeness (QED) is 0.540. The van der Waals surface area contributed by atoms with E-state index in [1.165, 1.54) is 0 Å². The van der Waals surface area contributed by atoms with E-state index in [1.807, 2.05) is 30.3 Å². The van der Waals surface area contributed by atoms with E-state index in [4.69, 9.17) is 13.6 Å². The van der Waals surface area contributed by atoms with Gasteiger partial charge in [0.1, 0.15) is 0 Å². The van der Waals surface area contributed by atoms with Crippen LogP contribution < -0.4 is 0 Å². The zero-order valence-corrected chi connectivity index (χ0v) is 12.2. The summed E-state index contributed by atoms with van der Waals surface area (Å²) in [6, 6.07) is 9.47. The van der Waals surface area contributed by atoms with Crippen molar-refractivity contribution in [3.63, 3.8) is 0 Å². The zero-order chi connectivity index (χ0) is 12.6. The summed E-state index contributed by atoms with van der Waals surface area (Å²) in [6.45, 7) is 2.52. The Balaban J connectivity index is 2.52. The van der Waals surface area contributed by atoms with Gasteiger partial charge in [-0.05, 0) is 12.5 Å². The molecular formula is C11H16BrO4P. The van der Waals surface area contributed by atoms with Gasteiger partial charge in [-0.25, -0.2) is 4.57 Å². The Morgan fingerprint density at radius 3 is 2.47 bits per heavy atom. The lowest BCUT2D eigenvalue weighted by molar-refractivity contribution is 0.117. The lowest BCUT2D eigenvalue weighted by Gasteiger charge is -2.16. The van der Waals surface area contributed by atoms with Gasteiger partial charge in [0.25, 0.3) is 0 Å². The summed E-state index contributed by atoms with van der Waals surface area (Å²) < 4.78 is 27.5. The molecule has 1 aromatic rings. The molecule has 0 N–H and O–H groups in total. The smallest absolute Gasteiger partial charge is 0.287 e. The zero-order valence-electron chi connectivity index (χ0n) is 9.67. The van der Waals surface area contributed by atoms with Crippen LogP contribution in [0.2, 0.25) is 0 Å². The number of hydrogen-bond acceptors (Lipinski definition) is 4. The van der Waals surface area contributed by atoms with E-state index in [-0.39, 0.29) is 19.8 Å². The molecule has 0 aliphatic heterocycles. The van der Waals surface area contributed by atoms with Crippen molar-refractivity contribution in [3.05, 3.63) is 35.9 Å². The third kappa shape index (κ3) is 5.80. The molecule has 1 aromatic carbocycles. The Kier molecular flexibility index (Phi) is 7.00. The first-order valence-electron chi connectivity index (χ1n) is 5.33. The van der Waals surface area contributed by atoms with Crippen molar-refractivity contribution >= 4 is 23.8 Å². The van der Waals surface area contributed by atoms with E-state index in [1.54, 1.807) is 6.92 Å². The Hall–Kier alpha value is -0.190. The fraction of sp³-hybridized carbons (Fsp3) is 0.455. The van der Waals surface area contributed by atoms with Crippen LogP contribution >= 0.6 is 23.8 Å². The molecule has 17 heavy (non-hydrogen) atoms. The maximum atomic E-state index is 12.1. The highest BCUT2D eigenvalue weighted by atomic mass is 79.9. The molecule has 4 nitrogen and oxygen atoms in total. The Morgan fingerprint density at radius 1 is 1.18 bits per heavy atom. The minimum atomic E-state index is -3.43. The van der Waals surface area contributed by atoms with Gasteiger partial charge in [-0.2, -0.15) is 0 Å². The average Bonchev–Trinajstić information content (AvgIpc) is 2.36. The number of alkyl halides is 1. The first-order chi connectivity index (χ1) is 8.20. The summed E-state index contributed by atoms with van der Waals surface area (Å²) in [5.41, 5.74) is 0.926. The molecule has 0 aliphatic carbocycles. The molecule has 1 unspecified atom stereocenters. The molecule has 0 fully saturated rings. The van der Waals surface area contributed by atoms with Crippen LogP contribution in [-0.4, -0.2) is 18.5 Å². The predicted octanol–water partition coefficient (Wildman–Crippen LogP) is 3.76. The van der Waals surface area contributed by atoms with Gasteiger partial charge in [0.15, 0.2) is 0 Å². The van der Waals surface area contributed by atoms with Crippen LogP contribution in [0.25, 0.3) is 0 Å². The first kappa shape index (κ1) is 14.9. The maximum absolute atomic E-state index is 12.1. The van der Waals surface area contributed by atoms with E-state index in [9.17, 15) is 4.57 Å². The second-order valence-electron chi connectivity index (χ2n) is 3.15. The lowest BCUT2D eigenvalue weighted by atomic mass is 10.2. The normalized spacial score (nSPS) is 14.5. The summed E-state index contributed by atoms with van der Waals surface area (Å²) in [5.74, 6) is 0. The van der Waals surface area contributed by atoms with Crippen molar-refractivity contribution < 1.29 is 18.1 Å². The fourth-order valence-corrected chi connectivity index (χ4v) is 2.72. The van der Waals surface area contributed by atoms with E-state index in [2.05, 4.69) is 15.9 Å². The summed E-state index contributed by atoms with van der Waals surface area (Å²) in [7, 11) is -3.43. The molecule has 1 rings (SSSR count). The topological polar surface area (TPSA) is 44.8 Å². The Labute approximate surface area is 110 Å². The van der Waals surface area contributed by atoms with Gasteiger partial charge in [-0.1, -0.05) is 46.3 Å². The van der Waals surface area contributed by atoms with Crippen molar-refractivity contribution in [2.24, 2.45) is 0 Å². The number of hydrogen-bond donors (Lipinski definition) is 0. The number of phosphoric ester groups is 1. The SMILES string of the molecule is CCOP(=O)(OCCBr)OCc1ccccc1. The van der Waals surface area contributed by atoms with Crippen LogP contribution in [0.15, 0.2) is 30.3 Å². The highest BCUT2D eigenvalue weighted by Crippen LogP contribution is 2.49. The van der Waals surface area contributed by atoms with Gasteiger partial charge in [0.05, 0.1) is 19.8 Å². The predicted molar refractivity (Wildman–Crippen MR) is 70.2 cm³/mol. The largest absolute Gasteiger partial charge is 0.475 e. The lowest BCUT2D eigenvalue weighted by Crippen LogP contribution is -2.02. The molecule has 0 aliphatic rings. The number of rotatable bonds is 8. The molecule has 0 spiro atoms. The minimum Gasteiger partial charge on any atom is -0.287 e. The summed E-state index contributed by atoms with van der Waals surface area (Å²) >= 11 is 3.19. The van der Waals surface area contributed by atoms with Gasteiger partial charge in [0, 0.05) is 5.33 Å². The molecule has 1 atom stereocenters. The number of benzene rings is 1. The van der Waals surface area contributed by atoms with Gasteiger partial charge in [0.2, 0.25) is 0 Å². The standard InChI is InChI=1S/C11H16BrO4P/c1-2-14-17(13,15-9-8-12)16-10-11-6-4-3-5-7-11/h3-7H,2,8-10H2,1H3. The molecule has 0 amide bonds. The van der Waals surface area contributed by atoms with Crippen molar-refractivity contribution in [2.75, 3.05) is 18.5 Å². The number of halogens is 1. The summed E-state index contributed by atoms with van der Waals surface area (Å²) in [5, 5.41) is 0.582. The van der Waals surface area contributed by atoms with E-state index in [0.29, 0.717) is 5.33 Å². The van der Waals surface area contributed by atoms with Crippen LogP contribution in [0.3, 0.4) is 0 Å². The third-order valence-corrected chi connectivity index (χ3v) is 3.69. The molecular weight excluding hydrogens is 307 g/mol. The van der Waals surface area contributed by atoms with Gasteiger partial charge >= 0.3 is 7.82 Å². The van der Waals surface area contributed by atoms with Crippen LogP contribution in [0.1, 0.15) is 12.5 Å². The molecule has 0 radical (unpaired) electrons. The molecule has 0 saturated carbocycles.